The average Bonchev–Trinajstić information content (AvgIpc) is 3.50. The number of nitrogens with zero attached hydrogens (tertiary/aromatic N) is 5. The Hall–Kier alpha value is -3.05. The van der Waals surface area contributed by atoms with E-state index in [2.05, 4.69) is 49.4 Å². The molecule has 34 heavy (non-hydrogen) atoms. The number of aromatic amines is 1. The first-order chi connectivity index (χ1) is 16.5. The minimum atomic E-state index is -3.71. The van der Waals surface area contributed by atoms with E-state index in [1.807, 2.05) is 16.7 Å². The van der Waals surface area contributed by atoms with Crippen LogP contribution in [0.25, 0.3) is 16.6 Å². The van der Waals surface area contributed by atoms with Gasteiger partial charge in [0.15, 0.2) is 0 Å². The molecule has 9 nitrogen and oxygen atoms in total. The zero-order valence-corrected chi connectivity index (χ0v) is 19.8. The molecule has 0 atom stereocenters. The standard InChI is InChI=1S/C24H29N7O2S/c25-34(32,33)24-6-2-1-4-20(24)16-30-12-10-29(11-13-30)9-3-5-19-15-26-23-8-7-21(14-22(19)23)31-17-27-28-18-31/h1-2,4,6-8,14-15,17-18,26H,3,5,9-13,16H2,(H2,25,32,33). The number of fused-ring (bicyclic) bond motifs is 1. The third-order valence-corrected chi connectivity index (χ3v) is 7.54. The van der Waals surface area contributed by atoms with Gasteiger partial charge in [0.2, 0.25) is 10.0 Å². The van der Waals surface area contributed by atoms with Crippen LogP contribution in [0.2, 0.25) is 0 Å². The van der Waals surface area contributed by atoms with Crippen LogP contribution >= 0.6 is 0 Å². The molecule has 10 heteroatoms. The van der Waals surface area contributed by atoms with Crippen LogP contribution in [0.4, 0.5) is 0 Å². The molecule has 0 bridgehead atoms. The summed E-state index contributed by atoms with van der Waals surface area (Å²) in [5.41, 5.74) is 4.28. The number of hydrogen-bond acceptors (Lipinski definition) is 6. The Morgan fingerprint density at radius 3 is 2.44 bits per heavy atom. The number of aromatic nitrogens is 4. The van der Waals surface area contributed by atoms with Gasteiger partial charge in [0.1, 0.15) is 12.7 Å². The van der Waals surface area contributed by atoms with Crippen LogP contribution in [-0.2, 0) is 23.0 Å². The van der Waals surface area contributed by atoms with Crippen molar-refractivity contribution in [1.29, 1.82) is 0 Å². The van der Waals surface area contributed by atoms with Gasteiger partial charge in [0.25, 0.3) is 0 Å². The number of aryl methyl sites for hydroxylation is 1. The largest absolute Gasteiger partial charge is 0.361 e. The third kappa shape index (κ3) is 5.05. The third-order valence-electron chi connectivity index (χ3n) is 6.53. The van der Waals surface area contributed by atoms with Crippen molar-refractivity contribution in [3.63, 3.8) is 0 Å². The summed E-state index contributed by atoms with van der Waals surface area (Å²) in [6.07, 6.45) is 7.62. The van der Waals surface area contributed by atoms with E-state index >= 15 is 0 Å². The highest BCUT2D eigenvalue weighted by atomic mass is 32.2. The lowest BCUT2D eigenvalue weighted by atomic mass is 10.1. The molecule has 4 aromatic rings. The van der Waals surface area contributed by atoms with Gasteiger partial charge in [-0.3, -0.25) is 9.47 Å². The predicted molar refractivity (Wildman–Crippen MR) is 131 cm³/mol. The minimum absolute atomic E-state index is 0.226. The second-order valence-corrected chi connectivity index (χ2v) is 10.3. The van der Waals surface area contributed by atoms with E-state index in [0.29, 0.717) is 6.54 Å². The van der Waals surface area contributed by atoms with Crippen molar-refractivity contribution in [3.8, 4) is 5.69 Å². The lowest BCUT2D eigenvalue weighted by Crippen LogP contribution is -2.46. The van der Waals surface area contributed by atoms with Crippen molar-refractivity contribution >= 4 is 20.9 Å². The lowest BCUT2D eigenvalue weighted by molar-refractivity contribution is 0.125. The van der Waals surface area contributed by atoms with E-state index in [1.165, 1.54) is 10.9 Å². The van der Waals surface area contributed by atoms with Crippen molar-refractivity contribution in [2.45, 2.75) is 24.3 Å². The van der Waals surface area contributed by atoms with E-state index in [9.17, 15) is 8.42 Å². The highest BCUT2D eigenvalue weighted by Crippen LogP contribution is 2.23. The summed E-state index contributed by atoms with van der Waals surface area (Å²) in [4.78, 5) is 8.39. The molecule has 0 saturated carbocycles. The summed E-state index contributed by atoms with van der Waals surface area (Å²) >= 11 is 0. The molecule has 3 N–H and O–H groups in total. The molecular weight excluding hydrogens is 450 g/mol. The Balaban J connectivity index is 1.14. The molecule has 1 saturated heterocycles. The van der Waals surface area contributed by atoms with Crippen molar-refractivity contribution in [2.75, 3.05) is 32.7 Å². The van der Waals surface area contributed by atoms with Crippen molar-refractivity contribution in [2.24, 2.45) is 5.14 Å². The molecular formula is C24H29N7O2S. The number of nitrogens with two attached hydrogens (primary N) is 1. The monoisotopic (exact) mass is 479 g/mol. The highest BCUT2D eigenvalue weighted by molar-refractivity contribution is 7.89. The van der Waals surface area contributed by atoms with Gasteiger partial charge >= 0.3 is 0 Å². The molecule has 0 amide bonds. The van der Waals surface area contributed by atoms with Crippen LogP contribution in [0, 0.1) is 0 Å². The predicted octanol–water partition coefficient (Wildman–Crippen LogP) is 2.15. The van der Waals surface area contributed by atoms with Gasteiger partial charge in [0, 0.05) is 55.5 Å². The average molecular weight is 480 g/mol. The fraction of sp³-hybridized carbons (Fsp3) is 0.333. The molecule has 178 valence electrons. The summed E-state index contributed by atoms with van der Waals surface area (Å²) in [5.74, 6) is 0. The number of nitrogens with one attached hydrogen (secondary N) is 1. The number of hydrogen-bond donors (Lipinski definition) is 2. The Morgan fingerprint density at radius 1 is 0.941 bits per heavy atom. The van der Waals surface area contributed by atoms with Crippen LogP contribution in [0.15, 0.2) is 66.2 Å². The minimum Gasteiger partial charge on any atom is -0.361 e. The summed E-state index contributed by atoms with van der Waals surface area (Å²) in [6.45, 7) is 5.42. The van der Waals surface area contributed by atoms with Crippen molar-refractivity contribution < 1.29 is 8.42 Å². The molecule has 2 aromatic carbocycles. The number of sulfonamides is 1. The number of rotatable bonds is 8. The van der Waals surface area contributed by atoms with Gasteiger partial charge in [-0.1, -0.05) is 18.2 Å². The van der Waals surface area contributed by atoms with Crippen molar-refractivity contribution in [3.05, 3.63) is 72.4 Å². The Labute approximate surface area is 199 Å². The van der Waals surface area contributed by atoms with Gasteiger partial charge in [-0.15, -0.1) is 10.2 Å². The summed E-state index contributed by atoms with van der Waals surface area (Å²) in [5, 5.41) is 14.4. The molecule has 0 spiro atoms. The van der Waals surface area contributed by atoms with Crippen LogP contribution in [0.1, 0.15) is 17.5 Å². The molecule has 0 aliphatic carbocycles. The van der Waals surface area contributed by atoms with Gasteiger partial charge < -0.3 is 9.88 Å². The Bertz CT molecular complexity index is 1360. The Morgan fingerprint density at radius 2 is 1.68 bits per heavy atom. The second kappa shape index (κ2) is 9.67. The fourth-order valence-electron chi connectivity index (χ4n) is 4.68. The van der Waals surface area contributed by atoms with Crippen LogP contribution < -0.4 is 5.14 Å². The van der Waals surface area contributed by atoms with Crippen molar-refractivity contribution in [1.82, 2.24) is 29.5 Å². The molecule has 0 radical (unpaired) electrons. The van der Waals surface area contributed by atoms with Gasteiger partial charge in [0.05, 0.1) is 4.90 Å². The van der Waals surface area contributed by atoms with Gasteiger partial charge in [-0.05, 0) is 54.8 Å². The number of benzene rings is 2. The number of H-pyrrole nitrogens is 1. The fourth-order valence-corrected chi connectivity index (χ4v) is 5.45. The number of primary sulfonamides is 1. The smallest absolute Gasteiger partial charge is 0.238 e. The van der Waals surface area contributed by atoms with E-state index in [4.69, 9.17) is 5.14 Å². The first kappa shape index (κ1) is 22.7. The second-order valence-electron chi connectivity index (χ2n) is 8.79. The maximum atomic E-state index is 11.9. The number of piperazine rings is 1. The zero-order chi connectivity index (χ0) is 23.5. The molecule has 1 aliphatic heterocycles. The molecule has 2 aromatic heterocycles. The van der Waals surface area contributed by atoms with E-state index in [0.717, 1.165) is 62.3 Å². The molecule has 5 rings (SSSR count). The lowest BCUT2D eigenvalue weighted by Gasteiger charge is -2.35. The summed E-state index contributed by atoms with van der Waals surface area (Å²) in [6, 6.07) is 13.4. The SMILES string of the molecule is NS(=O)(=O)c1ccccc1CN1CCN(CCCc2c[nH]c3ccc(-n4cnnc4)cc23)CC1. The molecule has 1 fully saturated rings. The van der Waals surface area contributed by atoms with E-state index in [-0.39, 0.29) is 4.90 Å². The van der Waals surface area contributed by atoms with Gasteiger partial charge in [-0.2, -0.15) is 0 Å². The molecule has 3 heterocycles. The zero-order valence-electron chi connectivity index (χ0n) is 19.0. The molecule has 1 aliphatic rings. The maximum Gasteiger partial charge on any atom is 0.238 e. The van der Waals surface area contributed by atoms with E-state index < -0.39 is 10.0 Å². The normalized spacial score (nSPS) is 15.8. The van der Waals surface area contributed by atoms with Crippen LogP contribution in [-0.4, -0.2) is 70.7 Å². The maximum absolute atomic E-state index is 11.9. The van der Waals surface area contributed by atoms with E-state index in [1.54, 1.807) is 24.8 Å². The van der Waals surface area contributed by atoms with Crippen LogP contribution in [0.5, 0.6) is 0 Å². The topological polar surface area (TPSA) is 113 Å². The first-order valence-electron chi connectivity index (χ1n) is 11.5. The summed E-state index contributed by atoms with van der Waals surface area (Å²) in [7, 11) is -3.71. The highest BCUT2D eigenvalue weighted by Gasteiger charge is 2.20. The van der Waals surface area contributed by atoms with Crippen LogP contribution in [0.3, 0.4) is 0 Å². The first-order valence-corrected chi connectivity index (χ1v) is 13.0. The van der Waals surface area contributed by atoms with Gasteiger partial charge in [-0.25, -0.2) is 13.6 Å². The summed E-state index contributed by atoms with van der Waals surface area (Å²) < 4.78 is 25.6. The molecule has 0 unspecified atom stereocenters. The quantitative estimate of drug-likeness (QED) is 0.400. The Kier molecular flexibility index (Phi) is 6.46.